The number of aromatic nitrogens is 1. The molecule has 0 aliphatic rings. The van der Waals surface area contributed by atoms with Crippen LogP contribution < -0.4 is 10.5 Å². The van der Waals surface area contributed by atoms with E-state index >= 15 is 0 Å². The van der Waals surface area contributed by atoms with Crippen LogP contribution in [-0.2, 0) is 17.1 Å². The van der Waals surface area contributed by atoms with E-state index in [0.29, 0.717) is 10.7 Å². The lowest BCUT2D eigenvalue weighted by Gasteiger charge is -2.32. The Bertz CT molecular complexity index is 1180. The lowest BCUT2D eigenvalue weighted by Crippen LogP contribution is -2.37. The molecular formula is C21H24ClN3O3S. The highest BCUT2D eigenvalue weighted by molar-refractivity contribution is 7.89. The number of halogens is 1. The fourth-order valence-electron chi connectivity index (χ4n) is 3.38. The van der Waals surface area contributed by atoms with E-state index in [9.17, 15) is 13.2 Å². The van der Waals surface area contributed by atoms with Gasteiger partial charge in [-0.05, 0) is 41.3 Å². The summed E-state index contributed by atoms with van der Waals surface area (Å²) in [5, 5.41) is 9.80. The molecule has 29 heavy (non-hydrogen) atoms. The molecular weight excluding hydrogens is 410 g/mol. The number of aryl methyl sites for hydroxylation is 1. The number of hydrogen-bond donors (Lipinski definition) is 2. The van der Waals surface area contributed by atoms with E-state index in [2.05, 4.69) is 5.32 Å². The van der Waals surface area contributed by atoms with Crippen LogP contribution in [0.15, 0.2) is 53.4 Å². The van der Waals surface area contributed by atoms with E-state index in [1.807, 2.05) is 46.0 Å². The average molecular weight is 434 g/mol. The number of carbonyl (C=O) groups excluding carboxylic acids is 1. The third-order valence-electron chi connectivity index (χ3n) is 4.92. The maximum Gasteiger partial charge on any atom is 0.268 e. The average Bonchev–Trinajstić information content (AvgIpc) is 2.94. The SMILES string of the molecule is Cn1c(C(=O)NC(c2ccc(S(N)(=O)=O)cc2)C(C)(C)C)cc2ccc(Cl)cc21. The summed E-state index contributed by atoms with van der Waals surface area (Å²) in [6.07, 6.45) is 0. The number of nitrogens with zero attached hydrogens (tertiary/aromatic N) is 1. The molecule has 0 aliphatic heterocycles. The number of sulfonamides is 1. The number of primary sulfonamides is 1. The van der Waals surface area contributed by atoms with E-state index in [-0.39, 0.29) is 22.3 Å². The first-order chi connectivity index (χ1) is 13.4. The number of nitrogens with one attached hydrogen (secondary N) is 1. The Hall–Kier alpha value is -2.35. The summed E-state index contributed by atoms with van der Waals surface area (Å²) in [6.45, 7) is 6.02. The van der Waals surface area contributed by atoms with Crippen LogP contribution in [0, 0.1) is 5.41 Å². The number of benzene rings is 2. The maximum atomic E-state index is 13.1. The molecule has 1 heterocycles. The summed E-state index contributed by atoms with van der Waals surface area (Å²) in [7, 11) is -1.95. The summed E-state index contributed by atoms with van der Waals surface area (Å²) >= 11 is 6.08. The molecule has 1 atom stereocenters. The minimum atomic E-state index is -3.77. The summed E-state index contributed by atoms with van der Waals surface area (Å²) in [5.41, 5.74) is 1.86. The zero-order valence-corrected chi connectivity index (χ0v) is 18.3. The molecule has 0 aliphatic carbocycles. The zero-order chi connectivity index (χ0) is 21.6. The quantitative estimate of drug-likeness (QED) is 0.651. The van der Waals surface area contributed by atoms with Gasteiger partial charge >= 0.3 is 0 Å². The monoisotopic (exact) mass is 433 g/mol. The van der Waals surface area contributed by atoms with Crippen molar-refractivity contribution in [2.75, 3.05) is 0 Å². The molecule has 1 amide bonds. The van der Waals surface area contributed by atoms with Crippen LogP contribution >= 0.6 is 11.6 Å². The molecule has 0 saturated carbocycles. The molecule has 3 aromatic rings. The molecule has 3 N–H and O–H groups in total. The van der Waals surface area contributed by atoms with Crippen LogP contribution in [0.1, 0.15) is 42.9 Å². The smallest absolute Gasteiger partial charge is 0.268 e. The van der Waals surface area contributed by atoms with E-state index in [1.54, 1.807) is 22.8 Å². The van der Waals surface area contributed by atoms with Crippen molar-refractivity contribution in [3.05, 3.63) is 64.8 Å². The first-order valence-corrected chi connectivity index (χ1v) is 11.0. The van der Waals surface area contributed by atoms with Gasteiger partial charge < -0.3 is 9.88 Å². The standard InChI is InChI=1S/C21H24ClN3O3S/c1-21(2,3)19(13-6-9-16(10-7-13)29(23,27)28)24-20(26)18-11-14-5-8-15(22)12-17(14)25(18)4/h5-12,19H,1-4H3,(H,24,26)(H2,23,27,28). The van der Waals surface area contributed by atoms with Crippen molar-refractivity contribution < 1.29 is 13.2 Å². The number of hydrogen-bond acceptors (Lipinski definition) is 3. The fraction of sp³-hybridized carbons (Fsp3) is 0.286. The van der Waals surface area contributed by atoms with Crippen LogP contribution in [0.5, 0.6) is 0 Å². The fourth-order valence-corrected chi connectivity index (χ4v) is 4.06. The lowest BCUT2D eigenvalue weighted by atomic mass is 9.82. The second kappa shape index (κ2) is 7.48. The number of nitrogens with two attached hydrogens (primary N) is 1. The van der Waals surface area contributed by atoms with Gasteiger partial charge in [0.05, 0.1) is 10.9 Å². The maximum absolute atomic E-state index is 13.1. The van der Waals surface area contributed by atoms with Gasteiger partial charge in [-0.2, -0.15) is 0 Å². The van der Waals surface area contributed by atoms with Crippen molar-refractivity contribution in [2.45, 2.75) is 31.7 Å². The van der Waals surface area contributed by atoms with Crippen LogP contribution in [0.2, 0.25) is 5.02 Å². The van der Waals surface area contributed by atoms with Gasteiger partial charge in [0.25, 0.3) is 5.91 Å². The Balaban J connectivity index is 1.96. The summed E-state index contributed by atoms with van der Waals surface area (Å²) < 4.78 is 24.8. The molecule has 3 rings (SSSR count). The van der Waals surface area contributed by atoms with Gasteiger partial charge in [0, 0.05) is 23.0 Å². The van der Waals surface area contributed by atoms with E-state index in [0.717, 1.165) is 16.5 Å². The normalized spacial score (nSPS) is 13.4. The Morgan fingerprint density at radius 2 is 1.72 bits per heavy atom. The van der Waals surface area contributed by atoms with E-state index in [1.165, 1.54) is 12.1 Å². The minimum absolute atomic E-state index is 0.0331. The van der Waals surface area contributed by atoms with Crippen LogP contribution in [0.3, 0.4) is 0 Å². The van der Waals surface area contributed by atoms with Gasteiger partial charge in [0.1, 0.15) is 5.69 Å². The second-order valence-electron chi connectivity index (χ2n) is 8.18. The van der Waals surface area contributed by atoms with Crippen molar-refractivity contribution in [3.63, 3.8) is 0 Å². The predicted octanol–water partition coefficient (Wildman–Crippen LogP) is 4.00. The van der Waals surface area contributed by atoms with Gasteiger partial charge in [0.2, 0.25) is 10.0 Å². The van der Waals surface area contributed by atoms with Crippen molar-refractivity contribution in [2.24, 2.45) is 17.6 Å². The largest absolute Gasteiger partial charge is 0.343 e. The summed E-state index contributed by atoms with van der Waals surface area (Å²) in [6, 6.07) is 13.2. The number of rotatable bonds is 4. The first kappa shape index (κ1) is 21.4. The summed E-state index contributed by atoms with van der Waals surface area (Å²) in [4.78, 5) is 13.1. The Kier molecular flexibility index (Phi) is 5.51. The van der Waals surface area contributed by atoms with E-state index in [4.69, 9.17) is 16.7 Å². The van der Waals surface area contributed by atoms with Crippen LogP contribution in [-0.4, -0.2) is 18.9 Å². The lowest BCUT2D eigenvalue weighted by molar-refractivity contribution is 0.0894. The Labute approximate surface area is 175 Å². The molecule has 0 radical (unpaired) electrons. The van der Waals surface area contributed by atoms with Crippen molar-refractivity contribution in [3.8, 4) is 0 Å². The Morgan fingerprint density at radius 1 is 1.10 bits per heavy atom. The zero-order valence-electron chi connectivity index (χ0n) is 16.7. The molecule has 1 unspecified atom stereocenters. The van der Waals surface area contributed by atoms with E-state index < -0.39 is 10.0 Å². The third kappa shape index (κ3) is 4.47. The highest BCUT2D eigenvalue weighted by atomic mass is 35.5. The molecule has 0 spiro atoms. The molecule has 6 nitrogen and oxygen atoms in total. The van der Waals surface area contributed by atoms with Crippen LogP contribution in [0.25, 0.3) is 10.9 Å². The number of amides is 1. The molecule has 0 fully saturated rings. The van der Waals surface area contributed by atoms with Crippen molar-refractivity contribution in [1.29, 1.82) is 0 Å². The third-order valence-corrected chi connectivity index (χ3v) is 6.09. The number of fused-ring (bicyclic) bond motifs is 1. The first-order valence-electron chi connectivity index (χ1n) is 9.06. The number of carbonyl (C=O) groups is 1. The van der Waals surface area contributed by atoms with Crippen molar-refractivity contribution in [1.82, 2.24) is 9.88 Å². The molecule has 2 aromatic carbocycles. The molecule has 154 valence electrons. The van der Waals surface area contributed by atoms with Gasteiger partial charge in [-0.25, -0.2) is 13.6 Å². The molecule has 8 heteroatoms. The van der Waals surface area contributed by atoms with Crippen molar-refractivity contribution >= 4 is 38.4 Å². The molecule has 0 saturated heterocycles. The minimum Gasteiger partial charge on any atom is -0.343 e. The highest BCUT2D eigenvalue weighted by Gasteiger charge is 2.29. The predicted molar refractivity (Wildman–Crippen MR) is 115 cm³/mol. The highest BCUT2D eigenvalue weighted by Crippen LogP contribution is 2.34. The topological polar surface area (TPSA) is 94.2 Å². The molecule has 0 bridgehead atoms. The van der Waals surface area contributed by atoms with Gasteiger partial charge in [-0.3, -0.25) is 4.79 Å². The van der Waals surface area contributed by atoms with Gasteiger partial charge in [-0.15, -0.1) is 0 Å². The summed E-state index contributed by atoms with van der Waals surface area (Å²) in [5.74, 6) is -0.227. The Morgan fingerprint density at radius 3 is 2.28 bits per heavy atom. The van der Waals surface area contributed by atoms with Crippen LogP contribution in [0.4, 0.5) is 0 Å². The van der Waals surface area contributed by atoms with Gasteiger partial charge in [-0.1, -0.05) is 50.6 Å². The molecule has 1 aromatic heterocycles. The second-order valence-corrected chi connectivity index (χ2v) is 10.2. The van der Waals surface area contributed by atoms with Gasteiger partial charge in [0.15, 0.2) is 0 Å².